The number of carbonyl (C=O) groups is 1. The van der Waals surface area contributed by atoms with E-state index >= 15 is 0 Å². The number of hydrogen-bond acceptors (Lipinski definition) is 2. The maximum Gasteiger partial charge on any atom is 0.233 e. The van der Waals surface area contributed by atoms with Gasteiger partial charge in [0.25, 0.3) is 0 Å². The van der Waals surface area contributed by atoms with Crippen LogP contribution >= 0.6 is 15.9 Å². The Morgan fingerprint density at radius 2 is 2.27 bits per heavy atom. The second-order valence-corrected chi connectivity index (χ2v) is 3.91. The number of nitrogens with two attached hydrogens (primary N) is 1. The van der Waals surface area contributed by atoms with Crippen molar-refractivity contribution in [1.29, 1.82) is 0 Å². The number of rotatable bonds is 4. The van der Waals surface area contributed by atoms with Gasteiger partial charge in [-0.05, 0) is 40.0 Å². The molecule has 1 aromatic rings. The zero-order valence-electron chi connectivity index (χ0n) is 8.09. The lowest BCUT2D eigenvalue weighted by atomic mass is 10.1. The normalized spacial score (nSPS) is 10.1. The molecule has 0 unspecified atom stereocenters. The van der Waals surface area contributed by atoms with Crippen LogP contribution in [-0.2, 0) is 11.2 Å². The predicted molar refractivity (Wildman–Crippen MR) is 59.9 cm³/mol. The van der Waals surface area contributed by atoms with Crippen molar-refractivity contribution in [2.45, 2.75) is 6.42 Å². The van der Waals surface area contributed by atoms with Gasteiger partial charge in [0.2, 0.25) is 5.91 Å². The molecule has 0 heterocycles. The fourth-order valence-corrected chi connectivity index (χ4v) is 1.54. The molecular formula is C10H12BrFN2O. The second kappa shape index (κ2) is 5.82. The molecule has 0 atom stereocenters. The molecular weight excluding hydrogens is 263 g/mol. The Morgan fingerprint density at radius 3 is 2.87 bits per heavy atom. The van der Waals surface area contributed by atoms with Gasteiger partial charge < -0.3 is 11.1 Å². The lowest BCUT2D eigenvalue weighted by Crippen LogP contribution is -2.31. The highest BCUT2D eigenvalue weighted by molar-refractivity contribution is 9.10. The highest BCUT2D eigenvalue weighted by Crippen LogP contribution is 2.16. The van der Waals surface area contributed by atoms with Crippen molar-refractivity contribution in [3.63, 3.8) is 0 Å². The first-order valence-corrected chi connectivity index (χ1v) is 5.33. The minimum Gasteiger partial charge on any atom is -0.355 e. The van der Waals surface area contributed by atoms with Crippen LogP contribution in [0.1, 0.15) is 5.56 Å². The summed E-state index contributed by atoms with van der Waals surface area (Å²) < 4.78 is 13.3. The Balaban J connectivity index is 2.44. The summed E-state index contributed by atoms with van der Waals surface area (Å²) in [5, 5.41) is 2.64. The van der Waals surface area contributed by atoms with Crippen molar-refractivity contribution in [2.75, 3.05) is 13.1 Å². The molecule has 0 fully saturated rings. The van der Waals surface area contributed by atoms with Crippen molar-refractivity contribution < 1.29 is 9.18 Å². The minimum absolute atomic E-state index is 0.00683. The van der Waals surface area contributed by atoms with Gasteiger partial charge in [0.05, 0.1) is 11.0 Å². The van der Waals surface area contributed by atoms with Crippen LogP contribution in [0.3, 0.4) is 0 Å². The average Bonchev–Trinajstić information content (AvgIpc) is 2.23. The molecule has 3 N–H and O–H groups in total. The van der Waals surface area contributed by atoms with Crippen LogP contribution in [0.15, 0.2) is 22.7 Å². The topological polar surface area (TPSA) is 55.1 Å². The van der Waals surface area contributed by atoms with E-state index in [4.69, 9.17) is 5.73 Å². The smallest absolute Gasteiger partial charge is 0.233 e. The van der Waals surface area contributed by atoms with Gasteiger partial charge in [-0.25, -0.2) is 4.39 Å². The Kier molecular flexibility index (Phi) is 4.71. The Bertz CT molecular complexity index is 357. The van der Waals surface area contributed by atoms with Crippen molar-refractivity contribution in [3.05, 3.63) is 34.1 Å². The lowest BCUT2D eigenvalue weighted by Gasteiger charge is -2.04. The number of carbonyl (C=O) groups excluding carboxylic acids is 1. The van der Waals surface area contributed by atoms with Crippen molar-refractivity contribution >= 4 is 21.8 Å². The molecule has 0 radical (unpaired) electrons. The monoisotopic (exact) mass is 274 g/mol. The molecule has 0 saturated heterocycles. The molecule has 0 bridgehead atoms. The summed E-state index contributed by atoms with van der Waals surface area (Å²) in [6.45, 7) is 0.501. The number of nitrogens with one attached hydrogen (secondary N) is 1. The fraction of sp³-hybridized carbons (Fsp3) is 0.300. The highest BCUT2D eigenvalue weighted by Gasteiger charge is 2.01. The van der Waals surface area contributed by atoms with Crippen molar-refractivity contribution in [1.82, 2.24) is 5.32 Å². The van der Waals surface area contributed by atoms with Crippen molar-refractivity contribution in [3.8, 4) is 0 Å². The summed E-state index contributed by atoms with van der Waals surface area (Å²) in [4.78, 5) is 10.8. The van der Waals surface area contributed by atoms with Gasteiger partial charge >= 0.3 is 0 Å². The lowest BCUT2D eigenvalue weighted by molar-refractivity contribution is -0.119. The van der Waals surface area contributed by atoms with Crippen LogP contribution in [0.2, 0.25) is 0 Å². The Labute approximate surface area is 96.0 Å². The number of amides is 1. The van der Waals surface area contributed by atoms with E-state index in [1.807, 2.05) is 0 Å². The van der Waals surface area contributed by atoms with Gasteiger partial charge in [0, 0.05) is 6.54 Å². The van der Waals surface area contributed by atoms with Crippen LogP contribution in [0.4, 0.5) is 4.39 Å². The molecule has 5 heteroatoms. The summed E-state index contributed by atoms with van der Waals surface area (Å²) in [5.41, 5.74) is 6.09. The van der Waals surface area contributed by atoms with E-state index in [2.05, 4.69) is 21.2 Å². The first kappa shape index (κ1) is 12.1. The maximum atomic E-state index is 12.9. The van der Waals surface area contributed by atoms with Crippen LogP contribution in [-0.4, -0.2) is 19.0 Å². The second-order valence-electron chi connectivity index (χ2n) is 3.05. The fourth-order valence-electron chi connectivity index (χ4n) is 1.11. The van der Waals surface area contributed by atoms with E-state index in [0.717, 1.165) is 5.56 Å². The molecule has 0 aliphatic carbocycles. The Hall–Kier alpha value is -0.940. The molecule has 1 aromatic carbocycles. The molecule has 1 amide bonds. The van der Waals surface area contributed by atoms with E-state index in [1.165, 1.54) is 6.07 Å². The third kappa shape index (κ3) is 3.97. The molecule has 82 valence electrons. The van der Waals surface area contributed by atoms with Crippen LogP contribution in [0.25, 0.3) is 0 Å². The third-order valence-electron chi connectivity index (χ3n) is 1.91. The van der Waals surface area contributed by atoms with E-state index in [-0.39, 0.29) is 18.3 Å². The third-order valence-corrected chi connectivity index (χ3v) is 2.51. The molecule has 0 aromatic heterocycles. The maximum absolute atomic E-state index is 12.9. The van der Waals surface area contributed by atoms with Crippen LogP contribution < -0.4 is 11.1 Å². The predicted octanol–water partition coefficient (Wildman–Crippen LogP) is 1.21. The first-order valence-electron chi connectivity index (χ1n) is 4.54. The highest BCUT2D eigenvalue weighted by atomic mass is 79.9. The van der Waals surface area contributed by atoms with E-state index in [1.54, 1.807) is 12.1 Å². The van der Waals surface area contributed by atoms with Crippen molar-refractivity contribution in [2.24, 2.45) is 5.73 Å². The number of hydrogen-bond donors (Lipinski definition) is 2. The SMILES string of the molecule is NCC(=O)NCCc1ccc(F)c(Br)c1. The van der Waals surface area contributed by atoms with Gasteiger partial charge in [0.1, 0.15) is 5.82 Å². The number of halogens is 2. The van der Waals surface area contributed by atoms with Gasteiger partial charge in [-0.1, -0.05) is 6.07 Å². The van der Waals surface area contributed by atoms with Gasteiger partial charge in [-0.15, -0.1) is 0 Å². The molecule has 0 saturated carbocycles. The molecule has 0 spiro atoms. The zero-order chi connectivity index (χ0) is 11.3. The van der Waals surface area contributed by atoms with Gasteiger partial charge in [-0.2, -0.15) is 0 Å². The van der Waals surface area contributed by atoms with Crippen LogP contribution in [0.5, 0.6) is 0 Å². The minimum atomic E-state index is -0.287. The molecule has 1 rings (SSSR count). The van der Waals surface area contributed by atoms with Crippen LogP contribution in [0, 0.1) is 5.82 Å². The summed E-state index contributed by atoms with van der Waals surface area (Å²) in [5.74, 6) is -0.471. The van der Waals surface area contributed by atoms with E-state index in [0.29, 0.717) is 17.4 Å². The quantitative estimate of drug-likeness (QED) is 0.867. The molecule has 0 aliphatic heterocycles. The van der Waals surface area contributed by atoms with E-state index in [9.17, 15) is 9.18 Å². The summed E-state index contributed by atoms with van der Waals surface area (Å²) in [7, 11) is 0. The van der Waals surface area contributed by atoms with Gasteiger partial charge in [-0.3, -0.25) is 4.79 Å². The van der Waals surface area contributed by atoms with E-state index < -0.39 is 0 Å². The summed E-state index contributed by atoms with van der Waals surface area (Å²) in [6, 6.07) is 4.78. The summed E-state index contributed by atoms with van der Waals surface area (Å²) in [6.07, 6.45) is 0.657. The van der Waals surface area contributed by atoms with Gasteiger partial charge in [0.15, 0.2) is 0 Å². The Morgan fingerprint density at radius 1 is 1.53 bits per heavy atom. The number of benzene rings is 1. The largest absolute Gasteiger partial charge is 0.355 e. The zero-order valence-corrected chi connectivity index (χ0v) is 9.68. The molecule has 0 aliphatic rings. The molecule has 3 nitrogen and oxygen atoms in total. The standard InChI is InChI=1S/C10H12BrFN2O/c11-8-5-7(1-2-9(8)12)3-4-14-10(15)6-13/h1-2,5H,3-4,6,13H2,(H,14,15). The molecule has 15 heavy (non-hydrogen) atoms. The average molecular weight is 275 g/mol. The first-order chi connectivity index (χ1) is 7.13. The summed E-state index contributed by atoms with van der Waals surface area (Å²) >= 11 is 3.10.